The Morgan fingerprint density at radius 3 is 2.52 bits per heavy atom. The van der Waals surface area contributed by atoms with Crippen molar-refractivity contribution in [3.8, 4) is 0 Å². The minimum atomic E-state index is -3.74. The first-order valence-electron chi connectivity index (χ1n) is 6.46. The molecule has 1 aromatic heterocycles. The molecule has 0 unspecified atom stereocenters. The Labute approximate surface area is 124 Å². The lowest BCUT2D eigenvalue weighted by Crippen LogP contribution is -2.16. The Balaban J connectivity index is 2.29. The summed E-state index contributed by atoms with van der Waals surface area (Å²) in [5.74, 6) is 0.568. The summed E-state index contributed by atoms with van der Waals surface area (Å²) in [5, 5.41) is 2.81. The molecule has 2 aromatic rings. The van der Waals surface area contributed by atoms with Crippen LogP contribution in [0.2, 0.25) is 0 Å². The largest absolute Gasteiger partial charge is 0.446 e. The number of para-hydroxylation sites is 2. The molecule has 6 nitrogen and oxygen atoms in total. The van der Waals surface area contributed by atoms with E-state index >= 15 is 0 Å². The van der Waals surface area contributed by atoms with Crippen molar-refractivity contribution in [1.82, 2.24) is 5.32 Å². The van der Waals surface area contributed by atoms with Crippen LogP contribution in [0.25, 0.3) is 0 Å². The summed E-state index contributed by atoms with van der Waals surface area (Å²) in [6.45, 7) is 0.476. The third kappa shape index (κ3) is 3.56. The Morgan fingerprint density at radius 2 is 1.86 bits per heavy atom. The van der Waals surface area contributed by atoms with Gasteiger partial charge in [-0.05, 0) is 31.3 Å². The van der Waals surface area contributed by atoms with E-state index in [0.29, 0.717) is 18.0 Å². The number of hydrogen-bond acceptors (Lipinski definition) is 5. The number of nitrogens with zero attached hydrogens (tertiary/aromatic N) is 1. The third-order valence-electron chi connectivity index (χ3n) is 2.88. The summed E-state index contributed by atoms with van der Waals surface area (Å²) < 4.78 is 32.6. The minimum absolute atomic E-state index is 0.0960. The van der Waals surface area contributed by atoms with E-state index in [4.69, 9.17) is 4.42 Å². The molecule has 21 heavy (non-hydrogen) atoms. The van der Waals surface area contributed by atoms with Gasteiger partial charge in [0.05, 0.1) is 17.9 Å². The SMILES string of the molecule is CNCc1ccc(S(=O)(=O)Nc2ccccc2N(C)C)o1. The lowest BCUT2D eigenvalue weighted by atomic mass is 10.2. The van der Waals surface area contributed by atoms with Crippen molar-refractivity contribution in [2.24, 2.45) is 0 Å². The first-order valence-corrected chi connectivity index (χ1v) is 7.95. The topological polar surface area (TPSA) is 74.6 Å². The fraction of sp³-hybridized carbons (Fsp3) is 0.286. The molecule has 0 aliphatic carbocycles. The maximum absolute atomic E-state index is 12.4. The van der Waals surface area contributed by atoms with Gasteiger partial charge in [-0.3, -0.25) is 4.72 Å². The van der Waals surface area contributed by atoms with Gasteiger partial charge in [-0.25, -0.2) is 0 Å². The third-order valence-corrected chi connectivity index (χ3v) is 4.12. The van der Waals surface area contributed by atoms with Gasteiger partial charge in [0.2, 0.25) is 5.09 Å². The van der Waals surface area contributed by atoms with Crippen molar-refractivity contribution in [1.29, 1.82) is 0 Å². The van der Waals surface area contributed by atoms with Gasteiger partial charge in [0.1, 0.15) is 5.76 Å². The van der Waals surface area contributed by atoms with Crippen LogP contribution in [-0.4, -0.2) is 29.6 Å². The van der Waals surface area contributed by atoms with Gasteiger partial charge in [-0.15, -0.1) is 0 Å². The molecule has 2 rings (SSSR count). The zero-order valence-electron chi connectivity index (χ0n) is 12.3. The van der Waals surface area contributed by atoms with Crippen LogP contribution in [0.15, 0.2) is 45.9 Å². The van der Waals surface area contributed by atoms with Crippen molar-refractivity contribution in [3.63, 3.8) is 0 Å². The molecule has 0 fully saturated rings. The average molecular weight is 309 g/mol. The molecular weight excluding hydrogens is 290 g/mol. The van der Waals surface area contributed by atoms with Gasteiger partial charge in [-0.1, -0.05) is 12.1 Å². The predicted octanol–water partition coefficient (Wildman–Crippen LogP) is 1.87. The van der Waals surface area contributed by atoms with Crippen molar-refractivity contribution in [3.05, 3.63) is 42.2 Å². The Bertz CT molecular complexity index is 708. The van der Waals surface area contributed by atoms with E-state index in [2.05, 4.69) is 10.0 Å². The fourth-order valence-electron chi connectivity index (χ4n) is 1.92. The van der Waals surface area contributed by atoms with E-state index < -0.39 is 10.0 Å². The molecule has 7 heteroatoms. The molecule has 0 atom stereocenters. The summed E-state index contributed by atoms with van der Waals surface area (Å²) in [5.41, 5.74) is 1.29. The molecule has 1 heterocycles. The van der Waals surface area contributed by atoms with Crippen molar-refractivity contribution in [2.75, 3.05) is 30.8 Å². The van der Waals surface area contributed by atoms with Crippen LogP contribution < -0.4 is 14.9 Å². The lowest BCUT2D eigenvalue weighted by Gasteiger charge is -2.17. The van der Waals surface area contributed by atoms with E-state index in [1.54, 1.807) is 25.2 Å². The smallest absolute Gasteiger partial charge is 0.295 e. The highest BCUT2D eigenvalue weighted by Gasteiger charge is 2.20. The molecule has 2 N–H and O–H groups in total. The number of rotatable bonds is 6. The highest BCUT2D eigenvalue weighted by Crippen LogP contribution is 2.26. The Hall–Kier alpha value is -1.99. The Morgan fingerprint density at radius 1 is 1.14 bits per heavy atom. The van der Waals surface area contributed by atoms with Gasteiger partial charge in [-0.2, -0.15) is 8.42 Å². The normalized spacial score (nSPS) is 11.4. The van der Waals surface area contributed by atoms with Crippen LogP contribution in [-0.2, 0) is 16.6 Å². The van der Waals surface area contributed by atoms with Crippen LogP contribution in [0.1, 0.15) is 5.76 Å². The summed E-state index contributed by atoms with van der Waals surface area (Å²) in [4.78, 5) is 1.84. The molecule has 0 amide bonds. The summed E-state index contributed by atoms with van der Waals surface area (Å²) in [7, 11) is 1.73. The molecule has 0 bridgehead atoms. The van der Waals surface area contributed by atoms with Crippen molar-refractivity contribution < 1.29 is 12.8 Å². The number of benzene rings is 1. The quantitative estimate of drug-likeness (QED) is 0.852. The first kappa shape index (κ1) is 15.4. The summed E-state index contributed by atoms with van der Waals surface area (Å²) >= 11 is 0. The number of anilines is 2. The van der Waals surface area contributed by atoms with Crippen LogP contribution in [0.5, 0.6) is 0 Å². The van der Waals surface area contributed by atoms with Crippen LogP contribution in [0.4, 0.5) is 11.4 Å². The molecule has 0 aliphatic heterocycles. The van der Waals surface area contributed by atoms with E-state index in [9.17, 15) is 8.42 Å². The Kier molecular flexibility index (Phi) is 4.54. The number of hydrogen-bond donors (Lipinski definition) is 2. The lowest BCUT2D eigenvalue weighted by molar-refractivity contribution is 0.408. The highest BCUT2D eigenvalue weighted by molar-refractivity contribution is 7.92. The first-order chi connectivity index (χ1) is 9.94. The molecule has 1 aromatic carbocycles. The summed E-state index contributed by atoms with van der Waals surface area (Å²) in [6.07, 6.45) is 0. The van der Waals surface area contributed by atoms with E-state index in [1.807, 2.05) is 31.1 Å². The molecular formula is C14H19N3O3S. The van der Waals surface area contributed by atoms with Crippen LogP contribution in [0, 0.1) is 0 Å². The van der Waals surface area contributed by atoms with Gasteiger partial charge in [0.25, 0.3) is 10.0 Å². The second-order valence-corrected chi connectivity index (χ2v) is 6.38. The number of sulfonamides is 1. The van der Waals surface area contributed by atoms with Gasteiger partial charge in [0, 0.05) is 14.1 Å². The molecule has 0 radical (unpaired) electrons. The molecule has 0 saturated heterocycles. The van der Waals surface area contributed by atoms with Crippen molar-refractivity contribution in [2.45, 2.75) is 11.6 Å². The zero-order chi connectivity index (χ0) is 15.5. The summed E-state index contributed by atoms with van der Waals surface area (Å²) in [6, 6.07) is 10.3. The second kappa shape index (κ2) is 6.19. The predicted molar refractivity (Wildman–Crippen MR) is 83.0 cm³/mol. The van der Waals surface area contributed by atoms with E-state index in [1.165, 1.54) is 6.07 Å². The molecule has 114 valence electrons. The highest BCUT2D eigenvalue weighted by atomic mass is 32.2. The molecule has 0 saturated carbocycles. The van der Waals surface area contributed by atoms with E-state index in [-0.39, 0.29) is 5.09 Å². The second-order valence-electron chi connectivity index (χ2n) is 4.77. The number of nitrogens with one attached hydrogen (secondary N) is 2. The minimum Gasteiger partial charge on any atom is -0.446 e. The zero-order valence-corrected chi connectivity index (χ0v) is 13.1. The average Bonchev–Trinajstić information content (AvgIpc) is 2.88. The van der Waals surface area contributed by atoms with Gasteiger partial charge >= 0.3 is 0 Å². The number of furan rings is 1. The van der Waals surface area contributed by atoms with E-state index in [0.717, 1.165) is 5.69 Å². The van der Waals surface area contributed by atoms with Crippen molar-refractivity contribution >= 4 is 21.4 Å². The van der Waals surface area contributed by atoms with Crippen LogP contribution in [0.3, 0.4) is 0 Å². The van der Waals surface area contributed by atoms with Gasteiger partial charge < -0.3 is 14.6 Å². The maximum atomic E-state index is 12.4. The van der Waals surface area contributed by atoms with Gasteiger partial charge in [0.15, 0.2) is 0 Å². The maximum Gasteiger partial charge on any atom is 0.295 e. The fourth-order valence-corrected chi connectivity index (χ4v) is 2.94. The molecule has 0 spiro atoms. The standard InChI is InChI=1S/C14H19N3O3S/c1-15-10-11-8-9-14(20-11)21(18,19)16-12-6-4-5-7-13(12)17(2)3/h4-9,15-16H,10H2,1-3H3. The van der Waals surface area contributed by atoms with Crippen LogP contribution >= 0.6 is 0 Å². The molecule has 0 aliphatic rings. The monoisotopic (exact) mass is 309 g/mol.